The molecule has 1 amide bonds. The fourth-order valence-electron chi connectivity index (χ4n) is 3.10. The van der Waals surface area contributed by atoms with E-state index in [1.807, 2.05) is 54.6 Å². The van der Waals surface area contributed by atoms with Crippen LogP contribution in [0.25, 0.3) is 11.1 Å². The van der Waals surface area contributed by atoms with Gasteiger partial charge >= 0.3 is 0 Å². The maximum absolute atomic E-state index is 14.0. The molecule has 0 aliphatic heterocycles. The average molecular weight is 380 g/mol. The van der Waals surface area contributed by atoms with E-state index in [1.54, 1.807) is 13.8 Å². The summed E-state index contributed by atoms with van der Waals surface area (Å²) in [6.07, 6.45) is 0. The van der Waals surface area contributed by atoms with Crippen LogP contribution in [-0.4, -0.2) is 11.9 Å². The number of benzene rings is 3. The van der Waals surface area contributed by atoms with Crippen molar-refractivity contribution in [2.45, 2.75) is 25.9 Å². The summed E-state index contributed by atoms with van der Waals surface area (Å²) in [7, 11) is 0. The maximum Gasteiger partial charge on any atom is 0.241 e. The largest absolute Gasteiger partial charge is 0.324 e. The summed E-state index contributed by atoms with van der Waals surface area (Å²) in [5.74, 6) is -1.50. The zero-order valence-electron chi connectivity index (χ0n) is 15.7. The van der Waals surface area contributed by atoms with Crippen molar-refractivity contribution < 1.29 is 13.6 Å². The molecule has 3 nitrogen and oxygen atoms in total. The Morgan fingerprint density at radius 2 is 1.57 bits per heavy atom. The van der Waals surface area contributed by atoms with Gasteiger partial charge < -0.3 is 5.32 Å². The summed E-state index contributed by atoms with van der Waals surface area (Å²) in [5.41, 5.74) is 2.93. The number of hydrogen-bond donors (Lipinski definition) is 2. The van der Waals surface area contributed by atoms with E-state index in [-0.39, 0.29) is 5.91 Å². The number of rotatable bonds is 6. The minimum absolute atomic E-state index is 0.238. The van der Waals surface area contributed by atoms with Gasteiger partial charge in [0.1, 0.15) is 11.6 Å². The Hall–Kier alpha value is -3.05. The monoisotopic (exact) mass is 380 g/mol. The second kappa shape index (κ2) is 8.76. The normalized spacial score (nSPS) is 13.0. The standard InChI is InChI=1S/C23H22F2N2O/c1-15(19-13-12-18(24)14-21(19)25)26-16(2)23(28)27-22-11-7-6-10-20(22)17-8-4-3-5-9-17/h3-16,26H,1-2H3,(H,27,28)/t15-,16+/m1/s1. The molecule has 0 aliphatic rings. The molecule has 0 spiro atoms. The van der Waals surface area contributed by atoms with Crippen molar-refractivity contribution in [3.63, 3.8) is 0 Å². The molecule has 2 atom stereocenters. The highest BCUT2D eigenvalue weighted by atomic mass is 19.1. The Morgan fingerprint density at radius 3 is 2.29 bits per heavy atom. The Bertz CT molecular complexity index is 960. The van der Waals surface area contributed by atoms with Crippen molar-refractivity contribution >= 4 is 11.6 Å². The zero-order chi connectivity index (χ0) is 20.1. The Morgan fingerprint density at radius 1 is 0.893 bits per heavy atom. The van der Waals surface area contributed by atoms with E-state index in [1.165, 1.54) is 12.1 Å². The van der Waals surface area contributed by atoms with Crippen LogP contribution in [-0.2, 0) is 4.79 Å². The van der Waals surface area contributed by atoms with Crippen molar-refractivity contribution in [2.75, 3.05) is 5.32 Å². The smallest absolute Gasteiger partial charge is 0.241 e. The molecule has 0 saturated heterocycles. The highest BCUT2D eigenvalue weighted by molar-refractivity contribution is 5.98. The third-order valence-corrected chi connectivity index (χ3v) is 4.59. The number of hydrogen-bond acceptors (Lipinski definition) is 2. The highest BCUT2D eigenvalue weighted by Crippen LogP contribution is 2.27. The van der Waals surface area contributed by atoms with E-state index in [9.17, 15) is 13.6 Å². The molecule has 0 bridgehead atoms. The molecule has 0 aromatic heterocycles. The molecular formula is C23H22F2N2O. The minimum Gasteiger partial charge on any atom is -0.324 e. The van der Waals surface area contributed by atoms with Gasteiger partial charge in [0.05, 0.1) is 6.04 Å². The zero-order valence-corrected chi connectivity index (χ0v) is 15.7. The van der Waals surface area contributed by atoms with Crippen LogP contribution in [0.15, 0.2) is 72.8 Å². The molecule has 0 radical (unpaired) electrons. The van der Waals surface area contributed by atoms with Gasteiger partial charge in [-0.1, -0.05) is 54.6 Å². The number of nitrogens with one attached hydrogen (secondary N) is 2. The van der Waals surface area contributed by atoms with Crippen molar-refractivity contribution in [3.05, 3.63) is 90.0 Å². The topological polar surface area (TPSA) is 41.1 Å². The fourth-order valence-corrected chi connectivity index (χ4v) is 3.10. The van der Waals surface area contributed by atoms with E-state index >= 15 is 0 Å². The van der Waals surface area contributed by atoms with Gasteiger partial charge in [0, 0.05) is 28.9 Å². The van der Waals surface area contributed by atoms with Gasteiger partial charge in [0.2, 0.25) is 5.91 Å². The lowest BCUT2D eigenvalue weighted by Gasteiger charge is -2.21. The van der Waals surface area contributed by atoms with Crippen LogP contribution >= 0.6 is 0 Å². The number of anilines is 1. The predicted molar refractivity (Wildman–Crippen MR) is 108 cm³/mol. The van der Waals surface area contributed by atoms with Crippen LogP contribution < -0.4 is 10.6 Å². The lowest BCUT2D eigenvalue weighted by molar-refractivity contribution is -0.117. The third-order valence-electron chi connectivity index (χ3n) is 4.59. The first-order valence-corrected chi connectivity index (χ1v) is 9.12. The maximum atomic E-state index is 14.0. The highest BCUT2D eigenvalue weighted by Gasteiger charge is 2.19. The molecule has 28 heavy (non-hydrogen) atoms. The van der Waals surface area contributed by atoms with Crippen LogP contribution in [0.4, 0.5) is 14.5 Å². The Labute approximate surface area is 163 Å². The molecule has 0 heterocycles. The number of para-hydroxylation sites is 1. The summed E-state index contributed by atoms with van der Waals surface area (Å²) in [5, 5.41) is 6.00. The fraction of sp³-hybridized carbons (Fsp3) is 0.174. The molecule has 3 rings (SSSR count). The molecule has 2 N–H and O–H groups in total. The van der Waals surface area contributed by atoms with Gasteiger partial charge in [-0.15, -0.1) is 0 Å². The van der Waals surface area contributed by atoms with Crippen molar-refractivity contribution in [1.82, 2.24) is 5.32 Å². The first kappa shape index (κ1) is 19.7. The number of carbonyl (C=O) groups is 1. The third kappa shape index (κ3) is 4.61. The summed E-state index contributed by atoms with van der Waals surface area (Å²) in [6.45, 7) is 3.44. The number of halogens is 2. The summed E-state index contributed by atoms with van der Waals surface area (Å²) in [6, 6.07) is 19.7. The molecule has 0 aliphatic carbocycles. The Balaban J connectivity index is 1.71. The summed E-state index contributed by atoms with van der Waals surface area (Å²) in [4.78, 5) is 12.7. The van der Waals surface area contributed by atoms with Crippen molar-refractivity contribution in [2.24, 2.45) is 0 Å². The van der Waals surface area contributed by atoms with Gasteiger partial charge in [-0.05, 0) is 31.5 Å². The molecule has 0 saturated carbocycles. The van der Waals surface area contributed by atoms with E-state index in [0.29, 0.717) is 11.3 Å². The number of carbonyl (C=O) groups excluding carboxylic acids is 1. The van der Waals surface area contributed by atoms with Gasteiger partial charge in [-0.3, -0.25) is 10.1 Å². The second-order valence-corrected chi connectivity index (χ2v) is 6.68. The summed E-state index contributed by atoms with van der Waals surface area (Å²) >= 11 is 0. The molecule has 3 aromatic carbocycles. The van der Waals surface area contributed by atoms with Crippen LogP contribution in [0.2, 0.25) is 0 Å². The van der Waals surface area contributed by atoms with Gasteiger partial charge in [0.15, 0.2) is 0 Å². The molecule has 144 valence electrons. The van der Waals surface area contributed by atoms with Crippen LogP contribution in [0.5, 0.6) is 0 Å². The molecule has 0 unspecified atom stereocenters. The molecule has 3 aromatic rings. The lowest BCUT2D eigenvalue weighted by Crippen LogP contribution is -2.39. The van der Waals surface area contributed by atoms with E-state index in [0.717, 1.165) is 17.2 Å². The predicted octanol–water partition coefficient (Wildman–Crippen LogP) is 5.31. The van der Waals surface area contributed by atoms with Gasteiger partial charge in [-0.2, -0.15) is 0 Å². The van der Waals surface area contributed by atoms with Crippen LogP contribution in [0, 0.1) is 11.6 Å². The van der Waals surface area contributed by atoms with Crippen LogP contribution in [0.3, 0.4) is 0 Å². The first-order valence-electron chi connectivity index (χ1n) is 9.12. The van der Waals surface area contributed by atoms with Crippen molar-refractivity contribution in [1.29, 1.82) is 0 Å². The molecule has 0 fully saturated rings. The van der Waals surface area contributed by atoms with Crippen LogP contribution in [0.1, 0.15) is 25.5 Å². The van der Waals surface area contributed by atoms with E-state index in [2.05, 4.69) is 10.6 Å². The van der Waals surface area contributed by atoms with Gasteiger partial charge in [-0.25, -0.2) is 8.78 Å². The van der Waals surface area contributed by atoms with E-state index < -0.39 is 23.7 Å². The first-order chi connectivity index (χ1) is 13.5. The van der Waals surface area contributed by atoms with E-state index in [4.69, 9.17) is 0 Å². The average Bonchev–Trinajstić information content (AvgIpc) is 2.69. The minimum atomic E-state index is -0.637. The second-order valence-electron chi connectivity index (χ2n) is 6.68. The number of amides is 1. The van der Waals surface area contributed by atoms with Gasteiger partial charge in [0.25, 0.3) is 0 Å². The quantitative estimate of drug-likeness (QED) is 0.608. The molecular weight excluding hydrogens is 358 g/mol. The lowest BCUT2D eigenvalue weighted by atomic mass is 10.0. The Kier molecular flexibility index (Phi) is 6.16. The summed E-state index contributed by atoms with van der Waals surface area (Å²) < 4.78 is 27.1. The molecule has 5 heteroatoms. The van der Waals surface area contributed by atoms with Crippen molar-refractivity contribution in [3.8, 4) is 11.1 Å². The SMILES string of the molecule is C[C@H](N[C@H](C)c1ccc(F)cc1F)C(=O)Nc1ccccc1-c1ccccc1.